The minimum Gasteiger partial charge on any atom is -0.497 e. The molecule has 0 aliphatic heterocycles. The van der Waals surface area contributed by atoms with Crippen LogP contribution in [0.1, 0.15) is 18.3 Å². The molecule has 140 valence electrons. The Morgan fingerprint density at radius 2 is 1.81 bits per heavy atom. The second-order valence-corrected chi connectivity index (χ2v) is 6.27. The largest absolute Gasteiger partial charge is 0.497 e. The second-order valence-electron chi connectivity index (χ2n) is 6.27. The van der Waals surface area contributed by atoms with Gasteiger partial charge in [-0.1, -0.05) is 30.3 Å². The van der Waals surface area contributed by atoms with Gasteiger partial charge in [-0.3, -0.25) is 0 Å². The molecule has 0 saturated carbocycles. The van der Waals surface area contributed by atoms with Crippen LogP contribution in [0.2, 0.25) is 0 Å². The van der Waals surface area contributed by atoms with E-state index in [1.54, 1.807) is 7.11 Å². The molecule has 0 aliphatic rings. The summed E-state index contributed by atoms with van der Waals surface area (Å²) in [4.78, 5) is 11.3. The number of aromatic nitrogens is 2. The van der Waals surface area contributed by atoms with Gasteiger partial charge in [-0.25, -0.2) is 9.97 Å². The van der Waals surface area contributed by atoms with E-state index in [0.717, 1.165) is 48.4 Å². The van der Waals surface area contributed by atoms with Crippen molar-refractivity contribution >= 4 is 17.3 Å². The molecule has 3 aromatic rings. The lowest BCUT2D eigenvalue weighted by Crippen LogP contribution is -2.18. The minimum atomic E-state index is 0.755. The Kier molecular flexibility index (Phi) is 6.26. The highest BCUT2D eigenvalue weighted by Gasteiger charge is 2.11. The van der Waals surface area contributed by atoms with Crippen molar-refractivity contribution in [1.82, 2.24) is 9.97 Å². The lowest BCUT2D eigenvalue weighted by atomic mass is 10.1. The van der Waals surface area contributed by atoms with Crippen molar-refractivity contribution in [3.05, 3.63) is 72.1 Å². The van der Waals surface area contributed by atoms with Crippen molar-refractivity contribution < 1.29 is 4.74 Å². The van der Waals surface area contributed by atoms with Crippen molar-refractivity contribution in [3.8, 4) is 5.75 Å². The summed E-state index contributed by atoms with van der Waals surface area (Å²) in [6.45, 7) is 5.68. The number of ether oxygens (including phenoxy) is 1. The van der Waals surface area contributed by atoms with E-state index >= 15 is 0 Å². The fourth-order valence-electron chi connectivity index (χ4n) is 3.03. The van der Waals surface area contributed by atoms with Crippen LogP contribution in [0.25, 0.3) is 0 Å². The quantitative estimate of drug-likeness (QED) is 0.634. The number of aryl methyl sites for hydroxylation is 1. The van der Waals surface area contributed by atoms with Gasteiger partial charge in [0.25, 0.3) is 0 Å². The Balaban J connectivity index is 1.71. The van der Waals surface area contributed by atoms with Crippen LogP contribution in [-0.4, -0.2) is 30.2 Å². The number of hydrogen-bond acceptors (Lipinski definition) is 5. The second kappa shape index (κ2) is 9.03. The standard InChI is InChI=1S/C22H26N4O/c1-4-26(19-10-6-5-7-11-19)22-16-21(24-17(2)25-22)23-14-13-18-9-8-12-20(15-18)27-3/h5-12,15-16H,4,13-14H2,1-3H3,(H,23,24,25). The summed E-state index contributed by atoms with van der Waals surface area (Å²) in [5.41, 5.74) is 2.35. The molecule has 1 aromatic heterocycles. The highest BCUT2D eigenvalue weighted by atomic mass is 16.5. The summed E-state index contributed by atoms with van der Waals surface area (Å²) >= 11 is 0. The monoisotopic (exact) mass is 362 g/mol. The zero-order valence-corrected chi connectivity index (χ0v) is 16.1. The molecule has 0 bridgehead atoms. The van der Waals surface area contributed by atoms with E-state index < -0.39 is 0 Å². The van der Waals surface area contributed by atoms with Crippen LogP contribution in [-0.2, 0) is 6.42 Å². The Hall–Kier alpha value is -3.08. The van der Waals surface area contributed by atoms with Gasteiger partial charge < -0.3 is 15.0 Å². The number of nitrogens with zero attached hydrogens (tertiary/aromatic N) is 3. The third-order valence-corrected chi connectivity index (χ3v) is 4.34. The maximum absolute atomic E-state index is 5.29. The van der Waals surface area contributed by atoms with Gasteiger partial charge in [0.05, 0.1) is 7.11 Å². The summed E-state index contributed by atoms with van der Waals surface area (Å²) in [7, 11) is 1.69. The number of nitrogens with one attached hydrogen (secondary N) is 1. The first-order chi connectivity index (χ1) is 13.2. The summed E-state index contributed by atoms with van der Waals surface area (Å²) in [5, 5.41) is 3.42. The van der Waals surface area contributed by atoms with E-state index in [9.17, 15) is 0 Å². The molecule has 27 heavy (non-hydrogen) atoms. The van der Waals surface area contributed by atoms with Crippen molar-refractivity contribution in [2.45, 2.75) is 20.3 Å². The van der Waals surface area contributed by atoms with Gasteiger partial charge in [0, 0.05) is 24.8 Å². The number of para-hydroxylation sites is 1. The van der Waals surface area contributed by atoms with Crippen LogP contribution in [0.4, 0.5) is 17.3 Å². The minimum absolute atomic E-state index is 0.755. The molecule has 0 unspecified atom stereocenters. The molecule has 0 saturated heterocycles. The first kappa shape index (κ1) is 18.7. The van der Waals surface area contributed by atoms with Gasteiger partial charge in [0.1, 0.15) is 23.2 Å². The Bertz CT molecular complexity index is 867. The molecule has 5 heteroatoms. The molecule has 3 rings (SSSR count). The number of rotatable bonds is 8. The fraction of sp³-hybridized carbons (Fsp3) is 0.273. The van der Waals surface area contributed by atoms with Crippen LogP contribution >= 0.6 is 0 Å². The molecule has 0 aliphatic carbocycles. The number of benzene rings is 2. The first-order valence-corrected chi connectivity index (χ1v) is 9.24. The first-order valence-electron chi connectivity index (χ1n) is 9.24. The average molecular weight is 362 g/mol. The number of anilines is 3. The van der Waals surface area contributed by atoms with Gasteiger partial charge in [0.2, 0.25) is 0 Å². The van der Waals surface area contributed by atoms with Crippen LogP contribution < -0.4 is 15.0 Å². The highest BCUT2D eigenvalue weighted by molar-refractivity contribution is 5.62. The Morgan fingerprint density at radius 3 is 2.56 bits per heavy atom. The smallest absolute Gasteiger partial charge is 0.138 e. The normalized spacial score (nSPS) is 10.5. The molecule has 0 fully saturated rings. The fourth-order valence-corrected chi connectivity index (χ4v) is 3.03. The van der Waals surface area contributed by atoms with E-state index in [2.05, 4.69) is 51.4 Å². The molecule has 2 aromatic carbocycles. The molecular formula is C22H26N4O. The third kappa shape index (κ3) is 4.97. The van der Waals surface area contributed by atoms with Gasteiger partial charge in [-0.05, 0) is 50.1 Å². The Morgan fingerprint density at radius 1 is 1.00 bits per heavy atom. The molecule has 5 nitrogen and oxygen atoms in total. The van der Waals surface area contributed by atoms with Crippen molar-refractivity contribution in [2.75, 3.05) is 30.4 Å². The lowest BCUT2D eigenvalue weighted by Gasteiger charge is -2.23. The zero-order chi connectivity index (χ0) is 19.1. The van der Waals surface area contributed by atoms with E-state index in [-0.39, 0.29) is 0 Å². The summed E-state index contributed by atoms with van der Waals surface area (Å²) in [5.74, 6) is 3.38. The van der Waals surface area contributed by atoms with E-state index in [1.807, 2.05) is 43.3 Å². The molecule has 0 atom stereocenters. The molecular weight excluding hydrogens is 336 g/mol. The van der Waals surface area contributed by atoms with Crippen LogP contribution in [0.15, 0.2) is 60.7 Å². The summed E-state index contributed by atoms with van der Waals surface area (Å²) in [6.07, 6.45) is 0.895. The maximum atomic E-state index is 5.29. The molecule has 1 N–H and O–H groups in total. The van der Waals surface area contributed by atoms with Crippen LogP contribution in [0, 0.1) is 6.92 Å². The van der Waals surface area contributed by atoms with Crippen molar-refractivity contribution in [3.63, 3.8) is 0 Å². The SMILES string of the molecule is CCN(c1ccccc1)c1cc(NCCc2cccc(OC)c2)nc(C)n1. The number of methoxy groups -OCH3 is 1. The average Bonchev–Trinajstić information content (AvgIpc) is 2.69. The van der Waals surface area contributed by atoms with E-state index in [4.69, 9.17) is 4.74 Å². The van der Waals surface area contributed by atoms with E-state index in [0.29, 0.717) is 0 Å². The molecule has 1 heterocycles. The zero-order valence-electron chi connectivity index (χ0n) is 16.1. The predicted molar refractivity (Wildman–Crippen MR) is 111 cm³/mol. The van der Waals surface area contributed by atoms with Crippen LogP contribution in [0.5, 0.6) is 5.75 Å². The topological polar surface area (TPSA) is 50.3 Å². The summed E-state index contributed by atoms with van der Waals surface area (Å²) < 4.78 is 5.29. The van der Waals surface area contributed by atoms with Gasteiger partial charge in [0.15, 0.2) is 0 Å². The molecule has 0 spiro atoms. The lowest BCUT2D eigenvalue weighted by molar-refractivity contribution is 0.414. The van der Waals surface area contributed by atoms with Crippen molar-refractivity contribution in [1.29, 1.82) is 0 Å². The summed E-state index contributed by atoms with van der Waals surface area (Å²) in [6, 6.07) is 20.4. The predicted octanol–water partition coefficient (Wildman–Crippen LogP) is 4.61. The third-order valence-electron chi connectivity index (χ3n) is 4.34. The molecule has 0 amide bonds. The molecule has 0 radical (unpaired) electrons. The Labute approximate surface area is 161 Å². The van der Waals surface area contributed by atoms with Gasteiger partial charge in [-0.2, -0.15) is 0 Å². The maximum Gasteiger partial charge on any atom is 0.138 e. The van der Waals surface area contributed by atoms with Gasteiger partial charge >= 0.3 is 0 Å². The van der Waals surface area contributed by atoms with Gasteiger partial charge in [-0.15, -0.1) is 0 Å². The van der Waals surface area contributed by atoms with E-state index in [1.165, 1.54) is 5.56 Å². The highest BCUT2D eigenvalue weighted by Crippen LogP contribution is 2.24. The number of hydrogen-bond donors (Lipinski definition) is 1. The van der Waals surface area contributed by atoms with Crippen molar-refractivity contribution in [2.24, 2.45) is 0 Å². The van der Waals surface area contributed by atoms with Crippen LogP contribution in [0.3, 0.4) is 0 Å².